The van der Waals surface area contributed by atoms with Crippen molar-refractivity contribution in [3.63, 3.8) is 0 Å². The predicted octanol–water partition coefficient (Wildman–Crippen LogP) is 4.43. The molecular weight excluding hydrogens is 392 g/mol. The number of pyridine rings is 1. The topological polar surface area (TPSA) is 84.7 Å². The van der Waals surface area contributed by atoms with Crippen LogP contribution in [0, 0.1) is 6.92 Å². The third kappa shape index (κ3) is 5.08. The molecule has 156 valence electrons. The van der Waals surface area contributed by atoms with Crippen LogP contribution in [0.1, 0.15) is 28.5 Å². The Morgan fingerprint density at radius 3 is 2.55 bits per heavy atom. The van der Waals surface area contributed by atoms with Crippen molar-refractivity contribution >= 4 is 28.8 Å². The molecule has 0 aliphatic heterocycles. The van der Waals surface area contributed by atoms with Gasteiger partial charge < -0.3 is 19.8 Å². The van der Waals surface area contributed by atoms with Gasteiger partial charge in [0.1, 0.15) is 18.0 Å². The number of carbonyl (C=O) groups is 2. The summed E-state index contributed by atoms with van der Waals surface area (Å²) in [5, 5.41) is 5.53. The van der Waals surface area contributed by atoms with Crippen molar-refractivity contribution < 1.29 is 14.3 Å². The number of benzene rings is 2. The monoisotopic (exact) mass is 414 g/mol. The lowest BCUT2D eigenvalue weighted by molar-refractivity contribution is -0.114. The average molecular weight is 414 g/mol. The number of hydrogen-bond acceptors (Lipinski definition) is 4. The maximum absolute atomic E-state index is 12.7. The van der Waals surface area contributed by atoms with Crippen LogP contribution in [0.15, 0.2) is 73.1 Å². The summed E-state index contributed by atoms with van der Waals surface area (Å²) < 4.78 is 7.82. The molecule has 0 radical (unpaired) electrons. The van der Waals surface area contributed by atoms with E-state index >= 15 is 0 Å². The maximum Gasteiger partial charge on any atom is 0.255 e. The first-order valence-electron chi connectivity index (χ1n) is 9.82. The minimum absolute atomic E-state index is 0.172. The summed E-state index contributed by atoms with van der Waals surface area (Å²) in [4.78, 5) is 28.4. The summed E-state index contributed by atoms with van der Waals surface area (Å²) in [6.45, 7) is 3.76. The molecule has 7 heteroatoms. The largest absolute Gasteiger partial charge is 0.487 e. The number of ether oxygens (including phenoxy) is 1. The summed E-state index contributed by atoms with van der Waals surface area (Å²) in [5.74, 6) is 0.135. The van der Waals surface area contributed by atoms with E-state index in [1.54, 1.807) is 48.5 Å². The van der Waals surface area contributed by atoms with Crippen LogP contribution in [0.3, 0.4) is 0 Å². The number of carbonyl (C=O) groups excluding carboxylic acids is 2. The second-order valence-electron chi connectivity index (χ2n) is 7.24. The van der Waals surface area contributed by atoms with E-state index in [-0.39, 0.29) is 11.8 Å². The number of rotatable bonds is 6. The van der Waals surface area contributed by atoms with Gasteiger partial charge >= 0.3 is 0 Å². The summed E-state index contributed by atoms with van der Waals surface area (Å²) in [7, 11) is 0. The van der Waals surface area contributed by atoms with E-state index < -0.39 is 0 Å². The minimum Gasteiger partial charge on any atom is -0.487 e. The molecule has 2 aromatic heterocycles. The van der Waals surface area contributed by atoms with Crippen molar-refractivity contribution in [2.75, 3.05) is 10.6 Å². The van der Waals surface area contributed by atoms with Gasteiger partial charge in [0, 0.05) is 36.3 Å². The maximum atomic E-state index is 12.7. The summed E-state index contributed by atoms with van der Waals surface area (Å²) >= 11 is 0. The van der Waals surface area contributed by atoms with Gasteiger partial charge in [-0.25, -0.2) is 4.98 Å². The van der Waals surface area contributed by atoms with Crippen LogP contribution in [0.2, 0.25) is 0 Å². The van der Waals surface area contributed by atoms with Gasteiger partial charge in [-0.3, -0.25) is 9.59 Å². The van der Waals surface area contributed by atoms with E-state index in [2.05, 4.69) is 15.6 Å². The van der Waals surface area contributed by atoms with Crippen molar-refractivity contribution in [1.82, 2.24) is 9.38 Å². The first-order valence-corrected chi connectivity index (χ1v) is 9.82. The number of nitrogens with zero attached hydrogens (tertiary/aromatic N) is 2. The molecular formula is C24H22N4O3. The molecule has 2 N–H and O–H groups in total. The van der Waals surface area contributed by atoms with Crippen molar-refractivity contribution in [2.45, 2.75) is 20.5 Å². The molecule has 0 aliphatic rings. The third-order valence-electron chi connectivity index (χ3n) is 4.57. The zero-order valence-corrected chi connectivity index (χ0v) is 17.3. The van der Waals surface area contributed by atoms with Gasteiger partial charge in [-0.2, -0.15) is 0 Å². The summed E-state index contributed by atoms with van der Waals surface area (Å²) in [6, 6.07) is 17.9. The van der Waals surface area contributed by atoms with Gasteiger partial charge in [0.25, 0.3) is 5.91 Å². The highest BCUT2D eigenvalue weighted by atomic mass is 16.5. The van der Waals surface area contributed by atoms with Crippen molar-refractivity contribution in [2.24, 2.45) is 0 Å². The molecule has 7 nitrogen and oxygen atoms in total. The van der Waals surface area contributed by atoms with Crippen LogP contribution in [-0.2, 0) is 11.4 Å². The Morgan fingerprint density at radius 2 is 1.74 bits per heavy atom. The fraction of sp³-hybridized carbons (Fsp3) is 0.125. The van der Waals surface area contributed by atoms with Crippen LogP contribution in [0.4, 0.5) is 11.4 Å². The van der Waals surface area contributed by atoms with Crippen LogP contribution in [-0.4, -0.2) is 21.2 Å². The Hall–Kier alpha value is -4.13. The predicted molar refractivity (Wildman–Crippen MR) is 119 cm³/mol. The Morgan fingerprint density at radius 1 is 0.968 bits per heavy atom. The molecule has 0 saturated carbocycles. The molecule has 31 heavy (non-hydrogen) atoms. The number of anilines is 2. The Kier molecular flexibility index (Phi) is 5.66. The number of imidazole rings is 1. The first-order chi connectivity index (χ1) is 15.0. The molecule has 0 atom stereocenters. The molecule has 2 amide bonds. The van der Waals surface area contributed by atoms with Crippen molar-refractivity contribution in [3.05, 3.63) is 89.9 Å². The van der Waals surface area contributed by atoms with Gasteiger partial charge in [-0.15, -0.1) is 0 Å². The van der Waals surface area contributed by atoms with Crippen molar-refractivity contribution in [3.8, 4) is 5.75 Å². The Labute approximate surface area is 179 Å². The minimum atomic E-state index is -0.270. The van der Waals surface area contributed by atoms with E-state index in [1.165, 1.54) is 6.92 Å². The van der Waals surface area contributed by atoms with Gasteiger partial charge in [0.15, 0.2) is 0 Å². The smallest absolute Gasteiger partial charge is 0.255 e. The second-order valence-corrected chi connectivity index (χ2v) is 7.24. The average Bonchev–Trinajstić information content (AvgIpc) is 3.14. The zero-order chi connectivity index (χ0) is 21.8. The Balaban J connectivity index is 1.42. The van der Waals surface area contributed by atoms with Gasteiger partial charge in [0.2, 0.25) is 5.91 Å². The van der Waals surface area contributed by atoms with E-state index in [1.807, 2.05) is 35.9 Å². The third-order valence-corrected chi connectivity index (χ3v) is 4.57. The van der Waals surface area contributed by atoms with Gasteiger partial charge in [-0.1, -0.05) is 18.2 Å². The number of aryl methyl sites for hydroxylation is 1. The highest BCUT2D eigenvalue weighted by Crippen LogP contribution is 2.19. The number of nitrogens with one attached hydrogen (secondary N) is 2. The SMILES string of the molecule is CC(=O)Nc1cccc(NC(=O)c2cccc(OCc3cn4cc(C)ccc4n3)c2)c1. The molecule has 0 aliphatic carbocycles. The summed E-state index contributed by atoms with van der Waals surface area (Å²) in [5.41, 5.74) is 4.48. The number of hydrogen-bond donors (Lipinski definition) is 2. The second kappa shape index (κ2) is 8.71. The molecule has 0 saturated heterocycles. The van der Waals surface area contributed by atoms with E-state index in [4.69, 9.17) is 4.74 Å². The Bertz CT molecular complexity index is 1260. The molecule has 0 bridgehead atoms. The summed E-state index contributed by atoms with van der Waals surface area (Å²) in [6.07, 6.45) is 3.94. The highest BCUT2D eigenvalue weighted by Gasteiger charge is 2.09. The van der Waals surface area contributed by atoms with Crippen LogP contribution >= 0.6 is 0 Å². The number of amides is 2. The number of fused-ring (bicyclic) bond motifs is 1. The molecule has 4 rings (SSSR count). The van der Waals surface area contributed by atoms with Crippen LogP contribution in [0.5, 0.6) is 5.75 Å². The molecule has 0 spiro atoms. The van der Waals surface area contributed by atoms with E-state index in [0.29, 0.717) is 29.3 Å². The molecule has 0 unspecified atom stereocenters. The fourth-order valence-corrected chi connectivity index (χ4v) is 3.19. The van der Waals surface area contributed by atoms with Crippen molar-refractivity contribution in [1.29, 1.82) is 0 Å². The molecule has 4 aromatic rings. The van der Waals surface area contributed by atoms with Crippen LogP contribution < -0.4 is 15.4 Å². The highest BCUT2D eigenvalue weighted by molar-refractivity contribution is 6.04. The first kappa shape index (κ1) is 20.2. The molecule has 2 aromatic carbocycles. The zero-order valence-electron chi connectivity index (χ0n) is 17.3. The van der Waals surface area contributed by atoms with Gasteiger partial charge in [-0.05, 0) is 55.0 Å². The fourth-order valence-electron chi connectivity index (χ4n) is 3.19. The lowest BCUT2D eigenvalue weighted by atomic mass is 10.2. The van der Waals surface area contributed by atoms with E-state index in [0.717, 1.165) is 16.9 Å². The molecule has 0 fully saturated rings. The standard InChI is InChI=1S/C24H22N4O3/c1-16-9-10-23-26-21(14-28(23)13-16)15-31-22-8-3-5-18(11-22)24(30)27-20-7-4-6-19(12-20)25-17(2)29/h3-14H,15H2,1-2H3,(H,25,29)(H,27,30). The van der Waals surface area contributed by atoms with Crippen LogP contribution in [0.25, 0.3) is 5.65 Å². The normalized spacial score (nSPS) is 10.6. The van der Waals surface area contributed by atoms with Gasteiger partial charge in [0.05, 0.1) is 5.69 Å². The lowest BCUT2D eigenvalue weighted by Crippen LogP contribution is -2.12. The number of aromatic nitrogens is 2. The quantitative estimate of drug-likeness (QED) is 0.489. The molecule has 2 heterocycles. The van der Waals surface area contributed by atoms with E-state index in [9.17, 15) is 9.59 Å². The lowest BCUT2D eigenvalue weighted by Gasteiger charge is -2.09.